The Labute approximate surface area is 184 Å². The summed E-state index contributed by atoms with van der Waals surface area (Å²) in [5.74, 6) is 2.22. The van der Waals surface area contributed by atoms with Crippen molar-refractivity contribution in [3.63, 3.8) is 0 Å². The first-order valence-corrected chi connectivity index (χ1v) is 11.2. The van der Waals surface area contributed by atoms with Crippen molar-refractivity contribution in [2.75, 3.05) is 0 Å². The number of aromatic nitrogens is 2. The van der Waals surface area contributed by atoms with Gasteiger partial charge in [0.15, 0.2) is 5.82 Å². The van der Waals surface area contributed by atoms with Crippen LogP contribution in [0.3, 0.4) is 0 Å². The SMILES string of the molecule is CCCn1nc(C)c2c1N=C(NNCc1cccc(C)c1)CC2C1C=CC(F)=CC1C. The Bertz CT molecular complexity index is 1030. The number of hydrogen-bond donors (Lipinski definition) is 2. The maximum Gasteiger partial charge on any atom is 0.156 e. The molecule has 2 heterocycles. The van der Waals surface area contributed by atoms with Crippen LogP contribution in [-0.2, 0) is 13.1 Å². The lowest BCUT2D eigenvalue weighted by Gasteiger charge is -2.33. The molecule has 3 unspecified atom stereocenters. The maximum atomic E-state index is 13.8. The van der Waals surface area contributed by atoms with Gasteiger partial charge in [0.2, 0.25) is 0 Å². The second-order valence-electron chi connectivity index (χ2n) is 8.73. The first-order valence-electron chi connectivity index (χ1n) is 11.2. The molecular formula is C25H32FN5. The van der Waals surface area contributed by atoms with Crippen LogP contribution in [0.4, 0.5) is 10.2 Å². The van der Waals surface area contributed by atoms with Crippen molar-refractivity contribution >= 4 is 11.7 Å². The molecular weight excluding hydrogens is 389 g/mol. The van der Waals surface area contributed by atoms with Crippen molar-refractivity contribution in [1.29, 1.82) is 0 Å². The number of rotatable bonds is 6. The number of aliphatic imine (C=N–C) groups is 1. The Kier molecular flexibility index (Phi) is 6.37. The van der Waals surface area contributed by atoms with E-state index in [0.717, 1.165) is 36.7 Å². The molecule has 0 radical (unpaired) electrons. The Morgan fingerprint density at radius 3 is 2.84 bits per heavy atom. The van der Waals surface area contributed by atoms with Crippen LogP contribution in [0.25, 0.3) is 0 Å². The number of nitrogens with one attached hydrogen (secondary N) is 2. The number of nitrogens with zero attached hydrogens (tertiary/aromatic N) is 3. The number of hydrogen-bond acceptors (Lipinski definition) is 4. The average Bonchev–Trinajstić information content (AvgIpc) is 3.03. The van der Waals surface area contributed by atoms with Crippen LogP contribution in [0, 0.1) is 25.7 Å². The van der Waals surface area contributed by atoms with Gasteiger partial charge in [-0.1, -0.05) is 49.8 Å². The van der Waals surface area contributed by atoms with Crippen LogP contribution >= 0.6 is 0 Å². The van der Waals surface area contributed by atoms with Crippen molar-refractivity contribution in [2.24, 2.45) is 16.8 Å². The fourth-order valence-electron chi connectivity index (χ4n) is 4.76. The summed E-state index contributed by atoms with van der Waals surface area (Å²) in [4.78, 5) is 4.95. The number of fused-ring (bicyclic) bond motifs is 1. The number of amidine groups is 1. The van der Waals surface area contributed by atoms with Gasteiger partial charge in [-0.25, -0.2) is 19.5 Å². The molecule has 2 aromatic rings. The van der Waals surface area contributed by atoms with Crippen LogP contribution in [-0.4, -0.2) is 15.6 Å². The smallest absolute Gasteiger partial charge is 0.156 e. The third-order valence-electron chi connectivity index (χ3n) is 6.19. The van der Waals surface area contributed by atoms with Crippen molar-refractivity contribution in [1.82, 2.24) is 20.6 Å². The lowest BCUT2D eigenvalue weighted by atomic mass is 9.74. The van der Waals surface area contributed by atoms with Gasteiger partial charge in [0.05, 0.1) is 5.69 Å². The zero-order chi connectivity index (χ0) is 22.0. The van der Waals surface area contributed by atoms with Gasteiger partial charge in [-0.15, -0.1) is 0 Å². The Morgan fingerprint density at radius 2 is 2.10 bits per heavy atom. The predicted octanol–water partition coefficient (Wildman–Crippen LogP) is 5.40. The molecule has 164 valence electrons. The molecule has 1 aromatic carbocycles. The fourth-order valence-corrected chi connectivity index (χ4v) is 4.76. The van der Waals surface area contributed by atoms with Gasteiger partial charge in [-0.3, -0.25) is 0 Å². The van der Waals surface area contributed by atoms with Gasteiger partial charge in [0.25, 0.3) is 0 Å². The predicted molar refractivity (Wildman–Crippen MR) is 124 cm³/mol. The van der Waals surface area contributed by atoms with Crippen LogP contribution in [0.5, 0.6) is 0 Å². The van der Waals surface area contributed by atoms with Crippen molar-refractivity contribution in [2.45, 2.75) is 59.5 Å². The normalized spacial score (nSPS) is 22.7. The first kappa shape index (κ1) is 21.5. The Balaban J connectivity index is 1.59. The lowest BCUT2D eigenvalue weighted by molar-refractivity contribution is 0.404. The van der Waals surface area contributed by atoms with Gasteiger partial charge in [-0.2, -0.15) is 5.10 Å². The van der Waals surface area contributed by atoms with E-state index in [2.05, 4.69) is 62.8 Å². The van der Waals surface area contributed by atoms with E-state index in [9.17, 15) is 4.39 Å². The van der Waals surface area contributed by atoms with Crippen molar-refractivity contribution < 1.29 is 4.39 Å². The van der Waals surface area contributed by atoms with E-state index < -0.39 is 0 Å². The van der Waals surface area contributed by atoms with Crippen LogP contribution < -0.4 is 10.9 Å². The Morgan fingerprint density at radius 1 is 1.26 bits per heavy atom. The minimum absolute atomic E-state index is 0.122. The molecule has 0 spiro atoms. The molecule has 3 atom stereocenters. The molecule has 1 aromatic heterocycles. The third kappa shape index (κ3) is 4.64. The summed E-state index contributed by atoms with van der Waals surface area (Å²) in [5, 5.41) is 4.79. The lowest BCUT2D eigenvalue weighted by Crippen LogP contribution is -2.39. The molecule has 2 N–H and O–H groups in total. The van der Waals surface area contributed by atoms with Gasteiger partial charge < -0.3 is 5.43 Å². The van der Waals surface area contributed by atoms with Crippen LogP contribution in [0.15, 0.2) is 53.3 Å². The summed E-state index contributed by atoms with van der Waals surface area (Å²) < 4.78 is 15.8. The summed E-state index contributed by atoms with van der Waals surface area (Å²) in [6.45, 7) is 9.95. The molecule has 5 nitrogen and oxygen atoms in total. The highest BCUT2D eigenvalue weighted by Crippen LogP contribution is 2.45. The molecule has 0 bridgehead atoms. The molecule has 0 saturated heterocycles. The van der Waals surface area contributed by atoms with E-state index in [-0.39, 0.29) is 23.6 Å². The molecule has 2 aliphatic rings. The molecule has 0 amide bonds. The molecule has 4 rings (SSSR count). The highest BCUT2D eigenvalue weighted by atomic mass is 19.1. The highest BCUT2D eigenvalue weighted by molar-refractivity contribution is 5.87. The minimum atomic E-state index is -0.148. The summed E-state index contributed by atoms with van der Waals surface area (Å²) in [7, 11) is 0. The number of hydrazine groups is 1. The summed E-state index contributed by atoms with van der Waals surface area (Å²) in [6, 6.07) is 8.46. The summed E-state index contributed by atoms with van der Waals surface area (Å²) in [5.41, 5.74) is 11.4. The Hall–Kier alpha value is -2.73. The average molecular weight is 422 g/mol. The van der Waals surface area contributed by atoms with Crippen molar-refractivity contribution in [3.8, 4) is 0 Å². The second-order valence-corrected chi connectivity index (χ2v) is 8.73. The summed E-state index contributed by atoms with van der Waals surface area (Å²) in [6.07, 6.45) is 7.11. The van der Waals surface area contributed by atoms with Gasteiger partial charge in [0, 0.05) is 31.0 Å². The number of aryl methyl sites for hydroxylation is 3. The fraction of sp³-hybridized carbons (Fsp3) is 0.440. The van der Waals surface area contributed by atoms with Gasteiger partial charge in [-0.05, 0) is 49.8 Å². The molecule has 1 aliphatic heterocycles. The number of benzene rings is 1. The highest BCUT2D eigenvalue weighted by Gasteiger charge is 2.36. The zero-order valence-corrected chi connectivity index (χ0v) is 18.8. The van der Waals surface area contributed by atoms with Crippen molar-refractivity contribution in [3.05, 3.63) is 70.7 Å². The standard InChI is InChI=1S/C25H32FN5/c1-5-11-31-25-24(18(4)30-31)22(21-10-9-20(26)13-17(21)3)14-23(28-25)29-27-15-19-8-6-7-16(2)12-19/h6-10,12-13,17,21-22,27H,5,11,14-15H2,1-4H3,(H,28,29). The number of allylic oxidation sites excluding steroid dienone is 4. The molecule has 31 heavy (non-hydrogen) atoms. The van der Waals surface area contributed by atoms with E-state index in [1.54, 1.807) is 12.2 Å². The third-order valence-corrected chi connectivity index (χ3v) is 6.19. The molecule has 1 aliphatic carbocycles. The molecule has 0 saturated carbocycles. The van der Waals surface area contributed by atoms with E-state index in [1.807, 2.05) is 10.8 Å². The van der Waals surface area contributed by atoms with E-state index in [0.29, 0.717) is 6.54 Å². The monoisotopic (exact) mass is 421 g/mol. The largest absolute Gasteiger partial charge is 0.309 e. The first-order chi connectivity index (χ1) is 15.0. The summed E-state index contributed by atoms with van der Waals surface area (Å²) >= 11 is 0. The minimum Gasteiger partial charge on any atom is -0.309 e. The van der Waals surface area contributed by atoms with Gasteiger partial charge in [0.1, 0.15) is 11.7 Å². The topological polar surface area (TPSA) is 54.2 Å². The number of halogens is 1. The second kappa shape index (κ2) is 9.18. The van der Waals surface area contributed by atoms with E-state index in [1.165, 1.54) is 16.7 Å². The van der Waals surface area contributed by atoms with E-state index >= 15 is 0 Å². The maximum absolute atomic E-state index is 13.8. The van der Waals surface area contributed by atoms with Crippen LogP contribution in [0.2, 0.25) is 0 Å². The quantitative estimate of drug-likeness (QED) is 0.614. The van der Waals surface area contributed by atoms with Gasteiger partial charge >= 0.3 is 0 Å². The van der Waals surface area contributed by atoms with E-state index in [4.69, 9.17) is 10.1 Å². The molecule has 6 heteroatoms. The molecule has 0 fully saturated rings. The van der Waals surface area contributed by atoms with Crippen LogP contribution in [0.1, 0.15) is 55.0 Å². The zero-order valence-electron chi connectivity index (χ0n) is 18.8.